The summed E-state index contributed by atoms with van der Waals surface area (Å²) in [6.45, 7) is 4.79. The highest BCUT2D eigenvalue weighted by atomic mass is 16.5. The number of nitrogens with zero attached hydrogens (tertiary/aromatic N) is 1. The van der Waals surface area contributed by atoms with E-state index in [0.717, 1.165) is 0 Å². The maximum Gasteiger partial charge on any atom is 0.410 e. The van der Waals surface area contributed by atoms with Crippen LogP contribution in [-0.2, 0) is 9.53 Å². The molecule has 1 amide bonds. The van der Waals surface area contributed by atoms with Crippen molar-refractivity contribution < 1.29 is 14.3 Å². The van der Waals surface area contributed by atoms with Crippen molar-refractivity contribution in [3.8, 4) is 0 Å². The molecule has 0 aromatic rings. The van der Waals surface area contributed by atoms with E-state index in [4.69, 9.17) is 0 Å². The lowest BCUT2D eigenvalue weighted by Crippen LogP contribution is -2.49. The molecule has 4 nitrogen and oxygen atoms in total. The van der Waals surface area contributed by atoms with Gasteiger partial charge in [0, 0.05) is 7.05 Å². The summed E-state index contributed by atoms with van der Waals surface area (Å²) in [5.74, 6) is -0.0737. The van der Waals surface area contributed by atoms with E-state index >= 15 is 0 Å². The highest BCUT2D eigenvalue weighted by Gasteiger charge is 2.32. The van der Waals surface area contributed by atoms with E-state index in [1.165, 1.54) is 26.0 Å². The van der Waals surface area contributed by atoms with Gasteiger partial charge in [-0.25, -0.2) is 4.79 Å². The molecule has 0 aromatic heterocycles. The molecule has 0 fully saturated rings. The van der Waals surface area contributed by atoms with Gasteiger partial charge < -0.3 is 4.74 Å². The Hall–Kier alpha value is -1.06. The number of amides is 1. The molecule has 0 aliphatic carbocycles. The summed E-state index contributed by atoms with van der Waals surface area (Å²) >= 11 is 0. The zero-order valence-electron chi connectivity index (χ0n) is 8.17. The minimum Gasteiger partial charge on any atom is -0.453 e. The average Bonchev–Trinajstić information content (AvgIpc) is 2.01. The van der Waals surface area contributed by atoms with Gasteiger partial charge in [0.05, 0.1) is 12.6 Å². The molecule has 0 aliphatic rings. The van der Waals surface area contributed by atoms with Crippen LogP contribution >= 0.6 is 0 Å². The highest BCUT2D eigenvalue weighted by Crippen LogP contribution is 2.13. The number of likely N-dealkylation sites (N-methyl/N-ethyl adjacent to an activating group) is 1. The smallest absolute Gasteiger partial charge is 0.410 e. The van der Waals surface area contributed by atoms with E-state index in [0.29, 0.717) is 0 Å². The molecular formula is C8H15NO3. The van der Waals surface area contributed by atoms with Crippen molar-refractivity contribution >= 4 is 11.9 Å². The first-order chi connectivity index (χ1) is 5.34. The lowest BCUT2D eigenvalue weighted by molar-refractivity contribution is -0.125. The summed E-state index contributed by atoms with van der Waals surface area (Å²) in [6.07, 6.45) is -0.504. The fraction of sp³-hybridized carbons (Fsp3) is 0.750. The maximum atomic E-state index is 11.1. The summed E-state index contributed by atoms with van der Waals surface area (Å²) < 4.78 is 4.48. The third-order valence-electron chi connectivity index (χ3n) is 2.15. The second kappa shape index (κ2) is 3.56. The van der Waals surface area contributed by atoms with E-state index < -0.39 is 11.6 Å². The Morgan fingerprint density at radius 1 is 1.33 bits per heavy atom. The van der Waals surface area contributed by atoms with Crippen molar-refractivity contribution in [3.05, 3.63) is 0 Å². The fourth-order valence-corrected chi connectivity index (χ4v) is 0.601. The van der Waals surface area contributed by atoms with Crippen molar-refractivity contribution in [1.29, 1.82) is 0 Å². The lowest BCUT2D eigenvalue weighted by atomic mass is 9.99. The first-order valence-corrected chi connectivity index (χ1v) is 3.67. The number of hydrogen-bond acceptors (Lipinski definition) is 3. The third-order valence-corrected chi connectivity index (χ3v) is 2.15. The number of rotatable bonds is 2. The Morgan fingerprint density at radius 2 is 1.75 bits per heavy atom. The molecule has 0 aromatic carbocycles. The summed E-state index contributed by atoms with van der Waals surface area (Å²) in [4.78, 5) is 23.4. The van der Waals surface area contributed by atoms with Crippen LogP contribution in [0.3, 0.4) is 0 Å². The monoisotopic (exact) mass is 173 g/mol. The van der Waals surface area contributed by atoms with E-state index in [2.05, 4.69) is 4.74 Å². The zero-order chi connectivity index (χ0) is 9.94. The topological polar surface area (TPSA) is 46.6 Å². The van der Waals surface area contributed by atoms with Crippen LogP contribution < -0.4 is 0 Å². The summed E-state index contributed by atoms with van der Waals surface area (Å²) in [6, 6.07) is 0. The van der Waals surface area contributed by atoms with Crippen LogP contribution in [0.4, 0.5) is 4.79 Å². The summed E-state index contributed by atoms with van der Waals surface area (Å²) in [7, 11) is 2.82. The SMILES string of the molecule is COC(=O)N(C)C(C)(C)C(C)=O. The fourth-order valence-electron chi connectivity index (χ4n) is 0.601. The van der Waals surface area contributed by atoms with Crippen LogP contribution in [0.1, 0.15) is 20.8 Å². The van der Waals surface area contributed by atoms with Crippen LogP contribution in [0.25, 0.3) is 0 Å². The predicted molar refractivity (Wildman–Crippen MR) is 44.9 cm³/mol. The number of ether oxygens (including phenoxy) is 1. The van der Waals surface area contributed by atoms with Gasteiger partial charge in [-0.2, -0.15) is 0 Å². The number of carbonyl (C=O) groups excluding carboxylic acids is 2. The van der Waals surface area contributed by atoms with Crippen LogP contribution in [-0.4, -0.2) is 36.5 Å². The number of hydrogen-bond donors (Lipinski definition) is 0. The normalized spacial score (nSPS) is 10.8. The number of methoxy groups -OCH3 is 1. The van der Waals surface area contributed by atoms with Gasteiger partial charge in [0.1, 0.15) is 0 Å². The first-order valence-electron chi connectivity index (χ1n) is 3.67. The third kappa shape index (κ3) is 1.96. The van der Waals surface area contributed by atoms with E-state index in [-0.39, 0.29) is 5.78 Å². The molecule has 0 spiro atoms. The molecule has 0 radical (unpaired) electrons. The van der Waals surface area contributed by atoms with Crippen LogP contribution in [0, 0.1) is 0 Å². The van der Waals surface area contributed by atoms with E-state index in [9.17, 15) is 9.59 Å². The Balaban J connectivity index is 4.56. The Kier molecular flexibility index (Phi) is 3.24. The number of carbonyl (C=O) groups is 2. The standard InChI is InChI=1S/C8H15NO3/c1-6(10)8(2,3)9(4)7(11)12-5/h1-5H3. The molecule has 4 heteroatoms. The molecule has 0 saturated heterocycles. The second-order valence-electron chi connectivity index (χ2n) is 3.14. The molecule has 0 atom stereocenters. The molecule has 0 unspecified atom stereocenters. The molecule has 0 aliphatic heterocycles. The maximum absolute atomic E-state index is 11.1. The molecule has 0 N–H and O–H groups in total. The van der Waals surface area contributed by atoms with Gasteiger partial charge in [-0.1, -0.05) is 0 Å². The second-order valence-corrected chi connectivity index (χ2v) is 3.14. The minimum atomic E-state index is -0.799. The quantitative estimate of drug-likeness (QED) is 0.627. The Bertz CT molecular complexity index is 198. The van der Waals surface area contributed by atoms with Crippen molar-refractivity contribution in [3.63, 3.8) is 0 Å². The number of Topliss-reactive ketones (excluding diaryl/α,β-unsaturated/α-hetero) is 1. The van der Waals surface area contributed by atoms with Gasteiger partial charge in [-0.05, 0) is 20.8 Å². The van der Waals surface area contributed by atoms with Crippen LogP contribution in [0.2, 0.25) is 0 Å². The molecule has 0 heterocycles. The highest BCUT2D eigenvalue weighted by molar-refractivity contribution is 5.88. The number of ketones is 1. The van der Waals surface area contributed by atoms with Gasteiger partial charge in [-0.15, -0.1) is 0 Å². The van der Waals surface area contributed by atoms with Crippen molar-refractivity contribution in [2.45, 2.75) is 26.3 Å². The van der Waals surface area contributed by atoms with Crippen molar-refractivity contribution in [1.82, 2.24) is 4.90 Å². The molecule has 0 saturated carbocycles. The molecule has 0 bridgehead atoms. The van der Waals surface area contributed by atoms with E-state index in [1.54, 1.807) is 13.8 Å². The molecule has 70 valence electrons. The van der Waals surface area contributed by atoms with Crippen LogP contribution in [0.5, 0.6) is 0 Å². The van der Waals surface area contributed by atoms with Crippen LogP contribution in [0.15, 0.2) is 0 Å². The van der Waals surface area contributed by atoms with Gasteiger partial charge in [-0.3, -0.25) is 9.69 Å². The first kappa shape index (κ1) is 10.9. The van der Waals surface area contributed by atoms with Gasteiger partial charge in [0.15, 0.2) is 5.78 Å². The largest absolute Gasteiger partial charge is 0.453 e. The Labute approximate surface area is 72.5 Å². The van der Waals surface area contributed by atoms with Gasteiger partial charge >= 0.3 is 6.09 Å². The Morgan fingerprint density at radius 3 is 2.00 bits per heavy atom. The minimum absolute atomic E-state index is 0.0737. The zero-order valence-corrected chi connectivity index (χ0v) is 8.17. The van der Waals surface area contributed by atoms with Crippen molar-refractivity contribution in [2.75, 3.05) is 14.2 Å². The summed E-state index contributed by atoms with van der Waals surface area (Å²) in [5, 5.41) is 0. The summed E-state index contributed by atoms with van der Waals surface area (Å²) in [5.41, 5.74) is -0.799. The molecule has 12 heavy (non-hydrogen) atoms. The molecular weight excluding hydrogens is 158 g/mol. The van der Waals surface area contributed by atoms with Gasteiger partial charge in [0.25, 0.3) is 0 Å². The lowest BCUT2D eigenvalue weighted by Gasteiger charge is -2.31. The predicted octanol–water partition coefficient (Wildman–Crippen LogP) is 1.05. The van der Waals surface area contributed by atoms with Crippen molar-refractivity contribution in [2.24, 2.45) is 0 Å². The van der Waals surface area contributed by atoms with Gasteiger partial charge in [0.2, 0.25) is 0 Å². The molecule has 0 rings (SSSR count). The average molecular weight is 173 g/mol. The van der Waals surface area contributed by atoms with E-state index in [1.807, 2.05) is 0 Å².